The molecule has 2 aromatic rings. The van der Waals surface area contributed by atoms with Gasteiger partial charge in [0.1, 0.15) is 5.82 Å². The molecule has 1 aromatic carbocycles. The summed E-state index contributed by atoms with van der Waals surface area (Å²) in [7, 11) is 1.75. The van der Waals surface area contributed by atoms with Crippen LogP contribution in [0.15, 0.2) is 29.3 Å². The number of aromatic amines is 1. The number of hydrogen-bond acceptors (Lipinski definition) is 3. The van der Waals surface area contributed by atoms with E-state index in [9.17, 15) is 0 Å². The molecule has 0 radical (unpaired) electrons. The van der Waals surface area contributed by atoms with Crippen LogP contribution >= 0.6 is 0 Å². The van der Waals surface area contributed by atoms with Crippen molar-refractivity contribution >= 4 is 17.0 Å². The van der Waals surface area contributed by atoms with Gasteiger partial charge in [0.15, 0.2) is 5.96 Å². The van der Waals surface area contributed by atoms with Crippen molar-refractivity contribution in [1.82, 2.24) is 20.6 Å². The number of aryl methyl sites for hydroxylation is 1. The minimum absolute atomic E-state index is 0.0663. The number of fused-ring (bicyclic) bond motifs is 1. The standard InChI is InChI=1S/C20H33N5O/c1-6-21-19(23-14-17(26-5)20(2,3)4)22-13-9-12-18-24-15-10-7-8-11-16(15)25-18/h7-8,10-11,17H,6,9,12-14H2,1-5H3,(H,24,25)(H2,21,22,23). The lowest BCUT2D eigenvalue weighted by Crippen LogP contribution is -2.39. The number of H-pyrrole nitrogens is 1. The van der Waals surface area contributed by atoms with E-state index in [1.165, 1.54) is 0 Å². The second-order valence-corrected chi connectivity index (χ2v) is 7.54. The van der Waals surface area contributed by atoms with Gasteiger partial charge >= 0.3 is 0 Å². The van der Waals surface area contributed by atoms with Gasteiger partial charge < -0.3 is 20.4 Å². The Balaban J connectivity index is 1.82. The van der Waals surface area contributed by atoms with Crippen LogP contribution in [-0.4, -0.2) is 48.8 Å². The van der Waals surface area contributed by atoms with E-state index in [1.54, 1.807) is 7.11 Å². The summed E-state index contributed by atoms with van der Waals surface area (Å²) in [6.07, 6.45) is 1.98. The molecule has 0 saturated heterocycles. The third-order valence-corrected chi connectivity index (χ3v) is 4.33. The van der Waals surface area contributed by atoms with E-state index in [2.05, 4.69) is 59.4 Å². The van der Waals surface area contributed by atoms with Crippen LogP contribution in [0.4, 0.5) is 0 Å². The molecule has 0 fully saturated rings. The van der Waals surface area contributed by atoms with Crippen LogP contribution in [0.5, 0.6) is 0 Å². The van der Waals surface area contributed by atoms with Crippen LogP contribution in [0.3, 0.4) is 0 Å². The van der Waals surface area contributed by atoms with Gasteiger partial charge in [-0.15, -0.1) is 0 Å². The molecule has 6 heteroatoms. The van der Waals surface area contributed by atoms with E-state index in [0.29, 0.717) is 6.54 Å². The van der Waals surface area contributed by atoms with Crippen molar-refractivity contribution in [3.63, 3.8) is 0 Å². The SMILES string of the molecule is CCNC(=NCC(OC)C(C)(C)C)NCCCc1nc2ccccc2[nH]1. The summed E-state index contributed by atoms with van der Waals surface area (Å²) in [6, 6.07) is 8.13. The second-order valence-electron chi connectivity index (χ2n) is 7.54. The Morgan fingerprint density at radius 2 is 2.04 bits per heavy atom. The molecule has 144 valence electrons. The second kappa shape index (κ2) is 9.57. The minimum atomic E-state index is 0.0663. The van der Waals surface area contributed by atoms with Crippen molar-refractivity contribution in [2.45, 2.75) is 46.6 Å². The molecule has 2 rings (SSSR count). The first-order valence-electron chi connectivity index (χ1n) is 9.42. The molecule has 0 bridgehead atoms. The molecule has 6 nitrogen and oxygen atoms in total. The zero-order valence-electron chi connectivity index (χ0n) is 16.7. The highest BCUT2D eigenvalue weighted by Gasteiger charge is 2.24. The van der Waals surface area contributed by atoms with Crippen LogP contribution in [0.2, 0.25) is 0 Å². The molecule has 26 heavy (non-hydrogen) atoms. The van der Waals surface area contributed by atoms with Crippen molar-refractivity contribution < 1.29 is 4.74 Å². The van der Waals surface area contributed by atoms with Gasteiger partial charge in [0.05, 0.1) is 23.7 Å². The molecule has 0 spiro atoms. The highest BCUT2D eigenvalue weighted by atomic mass is 16.5. The lowest BCUT2D eigenvalue weighted by molar-refractivity contribution is 0.0241. The predicted octanol–water partition coefficient (Wildman–Crippen LogP) is 3.11. The average Bonchev–Trinajstić information content (AvgIpc) is 3.00. The van der Waals surface area contributed by atoms with Crippen LogP contribution in [0, 0.1) is 5.41 Å². The Labute approximate surface area is 156 Å². The summed E-state index contributed by atoms with van der Waals surface area (Å²) in [5.74, 6) is 1.87. The fourth-order valence-corrected chi connectivity index (χ4v) is 2.80. The number of rotatable bonds is 8. The quantitative estimate of drug-likeness (QED) is 0.385. The maximum absolute atomic E-state index is 5.58. The van der Waals surface area contributed by atoms with E-state index >= 15 is 0 Å². The van der Waals surface area contributed by atoms with Crippen molar-refractivity contribution in [3.8, 4) is 0 Å². The topological polar surface area (TPSA) is 74.3 Å². The van der Waals surface area contributed by atoms with Crippen molar-refractivity contribution in [1.29, 1.82) is 0 Å². The third kappa shape index (κ3) is 6.02. The monoisotopic (exact) mass is 359 g/mol. The Morgan fingerprint density at radius 3 is 2.69 bits per heavy atom. The number of nitrogens with zero attached hydrogens (tertiary/aromatic N) is 2. The Hall–Kier alpha value is -2.08. The molecule has 1 heterocycles. The van der Waals surface area contributed by atoms with Gasteiger partial charge in [0, 0.05) is 26.6 Å². The number of nitrogens with one attached hydrogen (secondary N) is 3. The Morgan fingerprint density at radius 1 is 1.27 bits per heavy atom. The molecular formula is C20H33N5O. The molecular weight excluding hydrogens is 326 g/mol. The van der Waals surface area contributed by atoms with Gasteiger partial charge in [-0.25, -0.2) is 4.98 Å². The first-order valence-corrected chi connectivity index (χ1v) is 9.42. The van der Waals surface area contributed by atoms with Crippen LogP contribution in [0.1, 0.15) is 39.9 Å². The normalized spacial score (nSPS) is 13.8. The largest absolute Gasteiger partial charge is 0.379 e. The first kappa shape index (κ1) is 20.2. The number of hydrogen-bond donors (Lipinski definition) is 3. The first-order chi connectivity index (χ1) is 12.4. The number of para-hydroxylation sites is 2. The maximum Gasteiger partial charge on any atom is 0.191 e. The molecule has 3 N–H and O–H groups in total. The van der Waals surface area contributed by atoms with Crippen LogP contribution in [0.25, 0.3) is 11.0 Å². The zero-order chi connectivity index (χ0) is 19.0. The van der Waals surface area contributed by atoms with E-state index < -0.39 is 0 Å². The molecule has 0 aliphatic heterocycles. The Kier molecular flexibility index (Phi) is 7.45. The number of aromatic nitrogens is 2. The lowest BCUT2D eigenvalue weighted by atomic mass is 9.89. The van der Waals surface area contributed by atoms with Crippen LogP contribution in [-0.2, 0) is 11.2 Å². The summed E-state index contributed by atoms with van der Waals surface area (Å²) in [5, 5.41) is 6.69. The smallest absolute Gasteiger partial charge is 0.191 e. The number of benzene rings is 1. The molecule has 0 aliphatic carbocycles. The fraction of sp³-hybridized carbons (Fsp3) is 0.600. The maximum atomic E-state index is 5.58. The van der Waals surface area contributed by atoms with E-state index in [-0.39, 0.29) is 11.5 Å². The minimum Gasteiger partial charge on any atom is -0.379 e. The molecule has 1 aromatic heterocycles. The summed E-state index contributed by atoms with van der Waals surface area (Å²) >= 11 is 0. The average molecular weight is 360 g/mol. The van der Waals surface area contributed by atoms with Gasteiger partial charge in [-0.05, 0) is 30.9 Å². The fourth-order valence-electron chi connectivity index (χ4n) is 2.80. The molecule has 0 amide bonds. The van der Waals surface area contributed by atoms with Crippen molar-refractivity contribution in [2.75, 3.05) is 26.7 Å². The van der Waals surface area contributed by atoms with E-state index in [0.717, 1.165) is 48.7 Å². The molecule has 1 unspecified atom stereocenters. The zero-order valence-corrected chi connectivity index (χ0v) is 16.7. The van der Waals surface area contributed by atoms with Crippen LogP contribution < -0.4 is 10.6 Å². The van der Waals surface area contributed by atoms with Gasteiger partial charge in [0.2, 0.25) is 0 Å². The summed E-state index contributed by atoms with van der Waals surface area (Å²) < 4.78 is 5.58. The van der Waals surface area contributed by atoms with Gasteiger partial charge in [-0.3, -0.25) is 4.99 Å². The van der Waals surface area contributed by atoms with Gasteiger partial charge in [-0.1, -0.05) is 32.9 Å². The molecule has 1 atom stereocenters. The highest BCUT2D eigenvalue weighted by molar-refractivity contribution is 5.79. The number of ether oxygens (including phenoxy) is 1. The summed E-state index contributed by atoms with van der Waals surface area (Å²) in [4.78, 5) is 12.7. The van der Waals surface area contributed by atoms with Crippen molar-refractivity contribution in [3.05, 3.63) is 30.1 Å². The molecule has 0 saturated carbocycles. The predicted molar refractivity (Wildman–Crippen MR) is 109 cm³/mol. The number of guanidine groups is 1. The Bertz CT molecular complexity index is 669. The highest BCUT2D eigenvalue weighted by Crippen LogP contribution is 2.21. The van der Waals surface area contributed by atoms with E-state index in [4.69, 9.17) is 4.74 Å². The lowest BCUT2D eigenvalue weighted by Gasteiger charge is -2.28. The van der Waals surface area contributed by atoms with Gasteiger partial charge in [0.25, 0.3) is 0 Å². The van der Waals surface area contributed by atoms with Gasteiger partial charge in [-0.2, -0.15) is 0 Å². The summed E-state index contributed by atoms with van der Waals surface area (Å²) in [6.45, 7) is 10.9. The number of methoxy groups -OCH3 is 1. The van der Waals surface area contributed by atoms with E-state index in [1.807, 2.05) is 18.2 Å². The number of aliphatic imine (C=N–C) groups is 1. The summed E-state index contributed by atoms with van der Waals surface area (Å²) in [5.41, 5.74) is 2.19. The van der Waals surface area contributed by atoms with Crippen molar-refractivity contribution in [2.24, 2.45) is 10.4 Å². The third-order valence-electron chi connectivity index (χ3n) is 4.33. The number of imidazole rings is 1. The molecule has 0 aliphatic rings.